The maximum atomic E-state index is 6.19. The summed E-state index contributed by atoms with van der Waals surface area (Å²) >= 11 is 6.19. The number of aromatic nitrogens is 2. The van der Waals surface area contributed by atoms with Gasteiger partial charge in [0, 0.05) is 18.0 Å². The number of halogens is 1. The molecule has 0 amide bonds. The van der Waals surface area contributed by atoms with Crippen molar-refractivity contribution >= 4 is 11.6 Å². The van der Waals surface area contributed by atoms with Crippen LogP contribution in [0.4, 0.5) is 0 Å². The van der Waals surface area contributed by atoms with E-state index in [9.17, 15) is 0 Å². The van der Waals surface area contributed by atoms with E-state index in [1.807, 2.05) is 55.6 Å². The number of ether oxygens (including phenoxy) is 2. The van der Waals surface area contributed by atoms with Gasteiger partial charge in [-0.1, -0.05) is 47.1 Å². The lowest BCUT2D eigenvalue weighted by atomic mass is 10.1. The van der Waals surface area contributed by atoms with Gasteiger partial charge in [-0.3, -0.25) is 4.90 Å². The Labute approximate surface area is 162 Å². The molecule has 2 heterocycles. The van der Waals surface area contributed by atoms with Gasteiger partial charge in [-0.05, 0) is 30.8 Å². The van der Waals surface area contributed by atoms with Crippen molar-refractivity contribution in [3.05, 3.63) is 70.8 Å². The highest BCUT2D eigenvalue weighted by molar-refractivity contribution is 6.31. The Morgan fingerprint density at radius 3 is 2.74 bits per heavy atom. The molecule has 1 aliphatic rings. The largest absolute Gasteiger partial charge is 0.486 e. The zero-order valence-corrected chi connectivity index (χ0v) is 15.7. The molecule has 1 unspecified atom stereocenters. The van der Waals surface area contributed by atoms with Crippen molar-refractivity contribution < 1.29 is 14.0 Å². The van der Waals surface area contributed by atoms with Gasteiger partial charge in [-0.25, -0.2) is 0 Å². The van der Waals surface area contributed by atoms with Gasteiger partial charge in [-0.2, -0.15) is 4.98 Å². The SMILES string of the molecule is CN(Cc1nc(Cc2ccccc2Cl)no1)CC1COc2ccccc2O1. The third-order valence-electron chi connectivity index (χ3n) is 4.30. The molecule has 0 saturated heterocycles. The molecule has 3 aromatic rings. The van der Waals surface area contributed by atoms with E-state index in [0.29, 0.717) is 42.9 Å². The lowest BCUT2D eigenvalue weighted by molar-refractivity contribution is 0.0613. The van der Waals surface area contributed by atoms with Crippen LogP contribution in [0.25, 0.3) is 0 Å². The minimum absolute atomic E-state index is 0.0459. The summed E-state index contributed by atoms with van der Waals surface area (Å²) in [6, 6.07) is 15.4. The molecule has 0 radical (unpaired) electrons. The van der Waals surface area contributed by atoms with Crippen LogP contribution in [0.5, 0.6) is 11.5 Å². The molecule has 2 aromatic carbocycles. The van der Waals surface area contributed by atoms with Crippen LogP contribution < -0.4 is 9.47 Å². The Balaban J connectivity index is 1.32. The fraction of sp³-hybridized carbons (Fsp3) is 0.300. The third-order valence-corrected chi connectivity index (χ3v) is 4.67. The van der Waals surface area contributed by atoms with Crippen LogP contribution in [0.15, 0.2) is 53.1 Å². The van der Waals surface area contributed by atoms with E-state index >= 15 is 0 Å². The fourth-order valence-corrected chi connectivity index (χ4v) is 3.24. The molecule has 0 N–H and O–H groups in total. The number of fused-ring (bicyclic) bond motifs is 1. The molecule has 1 aliphatic heterocycles. The molecule has 0 saturated carbocycles. The quantitative estimate of drug-likeness (QED) is 0.646. The molecule has 7 heteroatoms. The Kier molecular flexibility index (Phi) is 5.27. The Bertz CT molecular complexity index is 915. The predicted molar refractivity (Wildman–Crippen MR) is 101 cm³/mol. The number of hydrogen-bond donors (Lipinski definition) is 0. The molecular weight excluding hydrogens is 366 g/mol. The van der Waals surface area contributed by atoms with Gasteiger partial charge in [0.15, 0.2) is 17.3 Å². The highest BCUT2D eigenvalue weighted by Gasteiger charge is 2.22. The van der Waals surface area contributed by atoms with Gasteiger partial charge in [0.05, 0.1) is 6.54 Å². The number of rotatable bonds is 6. The third kappa shape index (κ3) is 4.40. The smallest absolute Gasteiger partial charge is 0.240 e. The second kappa shape index (κ2) is 7.98. The zero-order valence-electron chi connectivity index (χ0n) is 15.0. The van der Waals surface area contributed by atoms with Gasteiger partial charge in [0.25, 0.3) is 0 Å². The van der Waals surface area contributed by atoms with Crippen LogP contribution in [-0.4, -0.2) is 41.3 Å². The van der Waals surface area contributed by atoms with Crippen LogP contribution in [-0.2, 0) is 13.0 Å². The molecule has 4 rings (SSSR count). The van der Waals surface area contributed by atoms with Crippen LogP contribution in [0.2, 0.25) is 5.02 Å². The number of benzene rings is 2. The van der Waals surface area contributed by atoms with Crippen molar-refractivity contribution in [2.24, 2.45) is 0 Å². The average Bonchev–Trinajstić information content (AvgIpc) is 3.10. The maximum absolute atomic E-state index is 6.19. The number of nitrogens with zero attached hydrogens (tertiary/aromatic N) is 3. The number of hydrogen-bond acceptors (Lipinski definition) is 6. The first-order chi connectivity index (χ1) is 13.2. The molecule has 0 spiro atoms. The number of para-hydroxylation sites is 2. The summed E-state index contributed by atoms with van der Waals surface area (Å²) < 4.78 is 17.1. The molecule has 140 valence electrons. The first-order valence-electron chi connectivity index (χ1n) is 8.79. The van der Waals surface area contributed by atoms with Crippen LogP contribution >= 0.6 is 11.6 Å². The van der Waals surface area contributed by atoms with E-state index < -0.39 is 0 Å². The minimum atomic E-state index is -0.0459. The van der Waals surface area contributed by atoms with Crippen LogP contribution in [0.3, 0.4) is 0 Å². The van der Waals surface area contributed by atoms with E-state index in [1.54, 1.807) is 0 Å². The normalized spacial score (nSPS) is 15.9. The van der Waals surface area contributed by atoms with Crippen molar-refractivity contribution in [2.75, 3.05) is 20.2 Å². The summed E-state index contributed by atoms with van der Waals surface area (Å²) in [7, 11) is 1.99. The van der Waals surface area contributed by atoms with E-state index in [0.717, 1.165) is 17.1 Å². The molecule has 27 heavy (non-hydrogen) atoms. The van der Waals surface area contributed by atoms with Gasteiger partial charge < -0.3 is 14.0 Å². The second-order valence-electron chi connectivity index (χ2n) is 6.57. The van der Waals surface area contributed by atoms with E-state index in [2.05, 4.69) is 15.0 Å². The maximum Gasteiger partial charge on any atom is 0.240 e. The predicted octanol–water partition coefficient (Wildman–Crippen LogP) is 3.59. The van der Waals surface area contributed by atoms with Crippen molar-refractivity contribution in [1.82, 2.24) is 15.0 Å². The summed E-state index contributed by atoms with van der Waals surface area (Å²) in [6.45, 7) is 1.75. The molecule has 0 fully saturated rings. The van der Waals surface area contributed by atoms with Gasteiger partial charge in [0.1, 0.15) is 12.7 Å². The van der Waals surface area contributed by atoms with E-state index in [4.69, 9.17) is 25.6 Å². The summed E-state index contributed by atoms with van der Waals surface area (Å²) in [5, 5.41) is 4.76. The molecular formula is C20H20ClN3O3. The second-order valence-corrected chi connectivity index (χ2v) is 6.97. The summed E-state index contributed by atoms with van der Waals surface area (Å²) in [4.78, 5) is 6.54. The summed E-state index contributed by atoms with van der Waals surface area (Å²) in [6.07, 6.45) is 0.499. The first kappa shape index (κ1) is 17.8. The Morgan fingerprint density at radius 2 is 1.89 bits per heavy atom. The zero-order chi connectivity index (χ0) is 18.6. The van der Waals surface area contributed by atoms with E-state index in [1.165, 1.54) is 0 Å². The van der Waals surface area contributed by atoms with Gasteiger partial charge in [0.2, 0.25) is 5.89 Å². The Hall–Kier alpha value is -2.57. The summed E-state index contributed by atoms with van der Waals surface area (Å²) in [5.74, 6) is 2.76. The lowest BCUT2D eigenvalue weighted by Crippen LogP contribution is -2.39. The average molecular weight is 386 g/mol. The van der Waals surface area contributed by atoms with Gasteiger partial charge in [-0.15, -0.1) is 0 Å². The van der Waals surface area contributed by atoms with Crippen molar-refractivity contribution in [3.8, 4) is 11.5 Å². The van der Waals surface area contributed by atoms with Crippen molar-refractivity contribution in [1.29, 1.82) is 0 Å². The van der Waals surface area contributed by atoms with Crippen molar-refractivity contribution in [2.45, 2.75) is 19.1 Å². The topological polar surface area (TPSA) is 60.6 Å². The molecule has 0 bridgehead atoms. The lowest BCUT2D eigenvalue weighted by Gasteiger charge is -2.29. The summed E-state index contributed by atoms with van der Waals surface area (Å²) in [5.41, 5.74) is 0.978. The van der Waals surface area contributed by atoms with E-state index in [-0.39, 0.29) is 6.10 Å². The van der Waals surface area contributed by atoms with Crippen molar-refractivity contribution in [3.63, 3.8) is 0 Å². The minimum Gasteiger partial charge on any atom is -0.486 e. The highest BCUT2D eigenvalue weighted by atomic mass is 35.5. The molecule has 6 nitrogen and oxygen atoms in total. The molecule has 0 aliphatic carbocycles. The van der Waals surface area contributed by atoms with Gasteiger partial charge >= 0.3 is 0 Å². The number of likely N-dealkylation sites (N-methyl/N-ethyl adjacent to an activating group) is 1. The first-order valence-corrected chi connectivity index (χ1v) is 9.17. The Morgan fingerprint density at radius 1 is 1.11 bits per heavy atom. The highest BCUT2D eigenvalue weighted by Crippen LogP contribution is 2.31. The standard InChI is InChI=1S/C20H20ClN3O3/c1-24(11-15-13-25-17-8-4-5-9-18(17)26-15)12-20-22-19(23-27-20)10-14-6-2-3-7-16(14)21/h2-9,15H,10-13H2,1H3. The molecule has 1 atom stereocenters. The molecule has 1 aromatic heterocycles. The van der Waals surface area contributed by atoms with Crippen LogP contribution in [0.1, 0.15) is 17.3 Å². The van der Waals surface area contributed by atoms with Crippen LogP contribution in [0, 0.1) is 0 Å². The fourth-order valence-electron chi connectivity index (χ4n) is 3.03. The monoisotopic (exact) mass is 385 g/mol.